The number of aryl methyl sites for hydroxylation is 1. The highest BCUT2D eigenvalue weighted by atomic mass is 19.1. The van der Waals surface area contributed by atoms with Crippen LogP contribution in [0.5, 0.6) is 5.75 Å². The molecular weight excluding hydrogens is 393 g/mol. The predicted molar refractivity (Wildman–Crippen MR) is 105 cm³/mol. The first-order valence-corrected chi connectivity index (χ1v) is 9.85. The van der Waals surface area contributed by atoms with Crippen LogP contribution in [0.3, 0.4) is 0 Å². The molecule has 0 radical (unpaired) electrons. The summed E-state index contributed by atoms with van der Waals surface area (Å²) in [6.07, 6.45) is 3.90. The van der Waals surface area contributed by atoms with Crippen molar-refractivity contribution in [1.82, 2.24) is 14.5 Å². The van der Waals surface area contributed by atoms with E-state index in [1.54, 1.807) is 18.3 Å². The summed E-state index contributed by atoms with van der Waals surface area (Å²) < 4.78 is 20.8. The van der Waals surface area contributed by atoms with Gasteiger partial charge in [0.1, 0.15) is 30.0 Å². The maximum absolute atomic E-state index is 13.0. The standard InChI is InChI=1S/C20H24FN3O3.CH2O2/c1-13-22-6-7-23(13)12-20(26)24-10-14-8-18(25)19(9-15(14)11-24)27-17-4-2-16(21)3-5-17;2-1-3/h2-7,14-15,18-19,25H,8-12H2,1H3;1H,(H,2,3)/t14-,15+,18+,19+;/m0./s1. The van der Waals surface area contributed by atoms with Crippen LogP contribution in [0.15, 0.2) is 36.7 Å². The highest BCUT2D eigenvalue weighted by Crippen LogP contribution is 2.38. The lowest BCUT2D eigenvalue weighted by Crippen LogP contribution is -2.42. The van der Waals surface area contributed by atoms with Crippen LogP contribution in [0.1, 0.15) is 18.7 Å². The molecule has 2 fully saturated rings. The smallest absolute Gasteiger partial charge is 0.290 e. The van der Waals surface area contributed by atoms with E-state index in [1.807, 2.05) is 22.6 Å². The number of likely N-dealkylation sites (tertiary alicyclic amines) is 1. The summed E-state index contributed by atoms with van der Waals surface area (Å²) in [4.78, 5) is 27.0. The number of carbonyl (C=O) groups is 2. The Bertz CT molecular complexity index is 857. The summed E-state index contributed by atoms with van der Waals surface area (Å²) in [5, 5.41) is 17.4. The molecule has 1 aliphatic heterocycles. The Kier molecular flexibility index (Phi) is 7.04. The number of aliphatic hydroxyl groups excluding tert-OH is 1. The van der Waals surface area contributed by atoms with E-state index in [2.05, 4.69) is 4.98 Å². The third kappa shape index (κ3) is 5.15. The monoisotopic (exact) mass is 419 g/mol. The fourth-order valence-electron chi connectivity index (χ4n) is 4.23. The van der Waals surface area contributed by atoms with E-state index in [-0.39, 0.29) is 24.3 Å². The zero-order valence-electron chi connectivity index (χ0n) is 16.7. The largest absolute Gasteiger partial charge is 0.488 e. The van der Waals surface area contributed by atoms with Gasteiger partial charge >= 0.3 is 0 Å². The molecule has 162 valence electrons. The van der Waals surface area contributed by atoms with Gasteiger partial charge < -0.3 is 24.4 Å². The third-order valence-corrected chi connectivity index (χ3v) is 5.77. The van der Waals surface area contributed by atoms with Gasteiger partial charge in [0.05, 0.1) is 6.10 Å². The summed E-state index contributed by atoms with van der Waals surface area (Å²) in [6, 6.07) is 5.85. The van der Waals surface area contributed by atoms with E-state index in [0.29, 0.717) is 50.1 Å². The summed E-state index contributed by atoms with van der Waals surface area (Å²) in [5.41, 5.74) is 0. The second-order valence-corrected chi connectivity index (χ2v) is 7.68. The van der Waals surface area contributed by atoms with Crippen LogP contribution in [0, 0.1) is 24.6 Å². The maximum Gasteiger partial charge on any atom is 0.290 e. The number of benzene rings is 1. The molecule has 0 unspecified atom stereocenters. The van der Waals surface area contributed by atoms with Crippen LogP contribution in [-0.2, 0) is 16.1 Å². The van der Waals surface area contributed by atoms with Gasteiger partial charge in [-0.05, 0) is 55.9 Å². The molecule has 4 rings (SSSR count). The van der Waals surface area contributed by atoms with E-state index < -0.39 is 6.10 Å². The van der Waals surface area contributed by atoms with Crippen molar-refractivity contribution in [2.75, 3.05) is 13.1 Å². The molecule has 1 aliphatic carbocycles. The molecule has 1 amide bonds. The Hall–Kier alpha value is -2.94. The molecule has 2 aliphatic rings. The molecule has 0 bridgehead atoms. The number of halogens is 1. The highest BCUT2D eigenvalue weighted by molar-refractivity contribution is 5.76. The molecular formula is C21H26FN3O5. The second-order valence-electron chi connectivity index (χ2n) is 7.68. The van der Waals surface area contributed by atoms with E-state index in [9.17, 15) is 14.3 Å². The molecule has 0 spiro atoms. The minimum atomic E-state index is -0.581. The van der Waals surface area contributed by atoms with Gasteiger partial charge in [-0.25, -0.2) is 9.37 Å². The number of nitrogens with zero attached hydrogens (tertiary/aromatic N) is 3. The van der Waals surface area contributed by atoms with Crippen LogP contribution in [0.2, 0.25) is 0 Å². The summed E-state index contributed by atoms with van der Waals surface area (Å²) in [5.74, 6) is 1.75. The number of carbonyl (C=O) groups excluding carboxylic acids is 1. The van der Waals surface area contributed by atoms with Gasteiger partial charge in [0.15, 0.2) is 0 Å². The van der Waals surface area contributed by atoms with Crippen LogP contribution < -0.4 is 4.74 Å². The van der Waals surface area contributed by atoms with E-state index >= 15 is 0 Å². The van der Waals surface area contributed by atoms with E-state index in [4.69, 9.17) is 14.6 Å². The van der Waals surface area contributed by atoms with Gasteiger partial charge in [-0.2, -0.15) is 0 Å². The van der Waals surface area contributed by atoms with Crippen molar-refractivity contribution in [3.8, 4) is 5.75 Å². The van der Waals surface area contributed by atoms with Gasteiger partial charge in [0.25, 0.3) is 6.47 Å². The molecule has 1 saturated carbocycles. The van der Waals surface area contributed by atoms with Crippen molar-refractivity contribution in [3.63, 3.8) is 0 Å². The normalized spacial score (nSPS) is 25.1. The van der Waals surface area contributed by atoms with E-state index in [0.717, 1.165) is 5.82 Å². The minimum absolute atomic E-state index is 0.0796. The molecule has 2 heterocycles. The molecule has 4 atom stereocenters. The Morgan fingerprint density at radius 1 is 1.27 bits per heavy atom. The fourth-order valence-corrected chi connectivity index (χ4v) is 4.23. The molecule has 30 heavy (non-hydrogen) atoms. The molecule has 2 aromatic rings. The number of imidazole rings is 1. The number of fused-ring (bicyclic) bond motifs is 1. The number of aliphatic hydroxyl groups is 1. The SMILES string of the molecule is Cc1nccn1CC(=O)N1C[C@H]2C[C@@H](Oc3ccc(F)cc3)[C@H](O)C[C@H]2C1.O=CO. The van der Waals surface area contributed by atoms with Crippen molar-refractivity contribution in [2.45, 2.75) is 38.5 Å². The molecule has 1 aromatic carbocycles. The molecule has 1 saturated heterocycles. The maximum atomic E-state index is 13.0. The zero-order valence-corrected chi connectivity index (χ0v) is 16.7. The van der Waals surface area contributed by atoms with Gasteiger partial charge in [0.2, 0.25) is 5.91 Å². The lowest BCUT2D eigenvalue weighted by Gasteiger charge is -2.35. The molecule has 1 aromatic heterocycles. The Morgan fingerprint density at radius 3 is 2.50 bits per heavy atom. The number of amides is 1. The highest BCUT2D eigenvalue weighted by Gasteiger charge is 2.43. The lowest BCUT2D eigenvalue weighted by atomic mass is 9.78. The fraction of sp³-hybridized carbons (Fsp3) is 0.476. The molecule has 9 heteroatoms. The van der Waals surface area contributed by atoms with Gasteiger partial charge in [-0.15, -0.1) is 0 Å². The first-order valence-electron chi connectivity index (χ1n) is 9.85. The number of aromatic nitrogens is 2. The minimum Gasteiger partial charge on any atom is -0.488 e. The molecule has 2 N–H and O–H groups in total. The summed E-state index contributed by atoms with van der Waals surface area (Å²) in [7, 11) is 0. The number of hydrogen-bond donors (Lipinski definition) is 2. The van der Waals surface area contributed by atoms with Gasteiger partial charge in [-0.1, -0.05) is 0 Å². The average Bonchev–Trinajstić information content (AvgIpc) is 3.30. The second kappa shape index (κ2) is 9.71. The quantitative estimate of drug-likeness (QED) is 0.731. The van der Waals surface area contributed by atoms with Crippen LogP contribution >= 0.6 is 0 Å². The summed E-state index contributed by atoms with van der Waals surface area (Å²) in [6.45, 7) is 3.29. The summed E-state index contributed by atoms with van der Waals surface area (Å²) >= 11 is 0. The van der Waals surface area contributed by atoms with Gasteiger partial charge in [-0.3, -0.25) is 9.59 Å². The average molecular weight is 419 g/mol. The third-order valence-electron chi connectivity index (χ3n) is 5.77. The Balaban J connectivity index is 0.000000806. The van der Waals surface area contributed by atoms with Crippen molar-refractivity contribution >= 4 is 12.4 Å². The Labute approximate surface area is 173 Å². The van der Waals surface area contributed by atoms with Crippen molar-refractivity contribution in [2.24, 2.45) is 11.8 Å². The number of hydrogen-bond acceptors (Lipinski definition) is 5. The van der Waals surface area contributed by atoms with Crippen LogP contribution in [0.4, 0.5) is 4.39 Å². The number of rotatable bonds is 4. The van der Waals surface area contributed by atoms with E-state index in [1.165, 1.54) is 12.1 Å². The number of ether oxygens (including phenoxy) is 1. The van der Waals surface area contributed by atoms with Crippen molar-refractivity contribution in [1.29, 1.82) is 0 Å². The zero-order chi connectivity index (χ0) is 21.7. The number of carboxylic acid groups (broad SMARTS) is 1. The predicted octanol–water partition coefficient (Wildman–Crippen LogP) is 1.71. The van der Waals surface area contributed by atoms with Gasteiger partial charge in [0, 0.05) is 25.5 Å². The Morgan fingerprint density at radius 2 is 1.90 bits per heavy atom. The van der Waals surface area contributed by atoms with Crippen LogP contribution in [-0.4, -0.2) is 62.3 Å². The van der Waals surface area contributed by atoms with Crippen molar-refractivity contribution < 1.29 is 28.9 Å². The topological polar surface area (TPSA) is 105 Å². The lowest BCUT2D eigenvalue weighted by molar-refractivity contribution is -0.131. The molecule has 8 nitrogen and oxygen atoms in total. The first kappa shape index (κ1) is 21.8. The van der Waals surface area contributed by atoms with Crippen molar-refractivity contribution in [3.05, 3.63) is 48.3 Å². The first-order chi connectivity index (χ1) is 14.4. The van der Waals surface area contributed by atoms with Crippen LogP contribution in [0.25, 0.3) is 0 Å².